The molecule has 17 heavy (non-hydrogen) atoms. The molecular weight excluding hydrogens is 222 g/mol. The average Bonchev–Trinajstić information content (AvgIpc) is 2.99. The van der Waals surface area contributed by atoms with Crippen molar-refractivity contribution >= 4 is 0 Å². The summed E-state index contributed by atoms with van der Waals surface area (Å²) < 4.78 is 10.6. The number of nitrogens with two attached hydrogens (primary N) is 1. The van der Waals surface area contributed by atoms with Gasteiger partial charge in [-0.1, -0.05) is 5.16 Å². The van der Waals surface area contributed by atoms with Crippen LogP contribution in [0.4, 0.5) is 0 Å². The van der Waals surface area contributed by atoms with Gasteiger partial charge in [-0.15, -0.1) is 0 Å². The number of aliphatic hydroxyl groups excluding tert-OH is 1. The van der Waals surface area contributed by atoms with Crippen LogP contribution in [0.2, 0.25) is 0 Å². The Morgan fingerprint density at radius 1 is 1.53 bits per heavy atom. The third-order valence-corrected chi connectivity index (χ3v) is 3.38. The van der Waals surface area contributed by atoms with Gasteiger partial charge in [0.05, 0.1) is 0 Å². The van der Waals surface area contributed by atoms with E-state index in [0.29, 0.717) is 18.8 Å². The fourth-order valence-corrected chi connectivity index (χ4v) is 2.30. The maximum atomic E-state index is 9.72. The van der Waals surface area contributed by atoms with Gasteiger partial charge >= 0.3 is 0 Å². The fraction of sp³-hybridized carbons (Fsp3) is 0.818. The molecule has 0 spiro atoms. The SMILES string of the molecule is COC1(c2noc(C(O)CCN)n2)CCCC1. The first-order valence-electron chi connectivity index (χ1n) is 5.99. The molecule has 0 aliphatic heterocycles. The van der Waals surface area contributed by atoms with Crippen LogP contribution in [-0.2, 0) is 10.3 Å². The normalized spacial score (nSPS) is 20.6. The van der Waals surface area contributed by atoms with Gasteiger partial charge < -0.3 is 20.1 Å². The minimum absolute atomic E-state index is 0.230. The second-order valence-corrected chi connectivity index (χ2v) is 4.45. The summed E-state index contributed by atoms with van der Waals surface area (Å²) in [6, 6.07) is 0. The maximum Gasteiger partial charge on any atom is 0.255 e. The third-order valence-electron chi connectivity index (χ3n) is 3.38. The van der Waals surface area contributed by atoms with Crippen molar-refractivity contribution in [1.29, 1.82) is 0 Å². The quantitative estimate of drug-likeness (QED) is 0.794. The molecule has 0 saturated heterocycles. The molecule has 6 nitrogen and oxygen atoms in total. The number of ether oxygens (including phenoxy) is 1. The number of nitrogens with zero attached hydrogens (tertiary/aromatic N) is 2. The minimum atomic E-state index is -0.781. The van der Waals surface area contributed by atoms with Crippen molar-refractivity contribution in [2.75, 3.05) is 13.7 Å². The molecule has 1 aliphatic carbocycles. The van der Waals surface area contributed by atoms with Crippen molar-refractivity contribution in [3.8, 4) is 0 Å². The van der Waals surface area contributed by atoms with Gasteiger partial charge in [0, 0.05) is 7.11 Å². The van der Waals surface area contributed by atoms with E-state index in [2.05, 4.69) is 10.1 Å². The predicted molar refractivity (Wildman–Crippen MR) is 60.1 cm³/mol. The maximum absolute atomic E-state index is 9.72. The monoisotopic (exact) mass is 241 g/mol. The molecule has 6 heteroatoms. The second-order valence-electron chi connectivity index (χ2n) is 4.45. The molecule has 0 amide bonds. The summed E-state index contributed by atoms with van der Waals surface area (Å²) in [6.07, 6.45) is 3.63. The lowest BCUT2D eigenvalue weighted by Crippen LogP contribution is -2.26. The Bertz CT molecular complexity index is 361. The Hall–Kier alpha value is -0.980. The predicted octanol–water partition coefficient (Wildman–Crippen LogP) is 0.867. The summed E-state index contributed by atoms with van der Waals surface area (Å²) in [5.41, 5.74) is 4.95. The van der Waals surface area contributed by atoms with Crippen LogP contribution in [0.5, 0.6) is 0 Å². The molecule has 96 valence electrons. The molecule has 3 N–H and O–H groups in total. The van der Waals surface area contributed by atoms with E-state index in [1.807, 2.05) is 0 Å². The lowest BCUT2D eigenvalue weighted by molar-refractivity contribution is -0.0178. The van der Waals surface area contributed by atoms with Crippen LogP contribution in [0.1, 0.15) is 49.9 Å². The first-order valence-corrected chi connectivity index (χ1v) is 5.99. The second kappa shape index (κ2) is 5.12. The number of aliphatic hydroxyl groups is 1. The summed E-state index contributed by atoms with van der Waals surface area (Å²) in [5.74, 6) is 0.775. The van der Waals surface area contributed by atoms with E-state index in [4.69, 9.17) is 15.0 Å². The van der Waals surface area contributed by atoms with Gasteiger partial charge in [-0.05, 0) is 38.6 Å². The van der Waals surface area contributed by atoms with Gasteiger partial charge in [-0.2, -0.15) is 4.98 Å². The van der Waals surface area contributed by atoms with Gasteiger partial charge in [-0.25, -0.2) is 0 Å². The van der Waals surface area contributed by atoms with Crippen molar-refractivity contribution in [3.05, 3.63) is 11.7 Å². The standard InChI is InChI=1S/C11H19N3O3/c1-16-11(5-2-3-6-11)10-13-9(17-14-10)8(15)4-7-12/h8,15H,2-7,12H2,1H3. The van der Waals surface area contributed by atoms with E-state index >= 15 is 0 Å². The molecule has 2 rings (SSSR count). The smallest absolute Gasteiger partial charge is 0.255 e. The molecular formula is C11H19N3O3. The molecule has 1 atom stereocenters. The first kappa shape index (κ1) is 12.5. The van der Waals surface area contributed by atoms with Crippen LogP contribution >= 0.6 is 0 Å². The van der Waals surface area contributed by atoms with Crippen LogP contribution in [0.3, 0.4) is 0 Å². The molecule has 0 aromatic carbocycles. The van der Waals surface area contributed by atoms with E-state index in [-0.39, 0.29) is 5.89 Å². The fourth-order valence-electron chi connectivity index (χ4n) is 2.30. The molecule has 1 aromatic heterocycles. The number of hydrogen-bond donors (Lipinski definition) is 2. The number of rotatable bonds is 5. The van der Waals surface area contributed by atoms with Gasteiger partial charge in [0.1, 0.15) is 11.7 Å². The Kier molecular flexibility index (Phi) is 3.76. The number of aromatic nitrogens is 2. The Labute approximate surface area is 100 Å². The Balaban J connectivity index is 2.16. The highest BCUT2D eigenvalue weighted by Gasteiger charge is 2.40. The molecule has 1 unspecified atom stereocenters. The van der Waals surface area contributed by atoms with Crippen molar-refractivity contribution < 1.29 is 14.4 Å². The lowest BCUT2D eigenvalue weighted by atomic mass is 10.0. The summed E-state index contributed by atoms with van der Waals surface area (Å²) in [7, 11) is 1.66. The highest BCUT2D eigenvalue weighted by Crippen LogP contribution is 2.40. The number of methoxy groups -OCH3 is 1. The molecule has 1 aliphatic rings. The Morgan fingerprint density at radius 3 is 2.82 bits per heavy atom. The van der Waals surface area contributed by atoms with Gasteiger partial charge in [0.15, 0.2) is 0 Å². The highest BCUT2D eigenvalue weighted by atomic mass is 16.5. The van der Waals surface area contributed by atoms with Gasteiger partial charge in [-0.3, -0.25) is 0 Å². The van der Waals surface area contributed by atoms with Gasteiger partial charge in [0.2, 0.25) is 5.82 Å². The van der Waals surface area contributed by atoms with Crippen LogP contribution < -0.4 is 5.73 Å². The molecule has 0 bridgehead atoms. The van der Waals surface area contributed by atoms with E-state index in [9.17, 15) is 5.11 Å². The zero-order chi connectivity index (χ0) is 12.3. The van der Waals surface area contributed by atoms with Crippen LogP contribution in [-0.4, -0.2) is 28.9 Å². The van der Waals surface area contributed by atoms with Crippen molar-refractivity contribution in [2.24, 2.45) is 5.73 Å². The van der Waals surface area contributed by atoms with Crippen LogP contribution in [0.15, 0.2) is 4.52 Å². The molecule has 1 saturated carbocycles. The minimum Gasteiger partial charge on any atom is -0.383 e. The van der Waals surface area contributed by atoms with Crippen LogP contribution in [0.25, 0.3) is 0 Å². The summed E-state index contributed by atoms with van der Waals surface area (Å²) in [4.78, 5) is 4.25. The molecule has 1 fully saturated rings. The van der Waals surface area contributed by atoms with Crippen molar-refractivity contribution in [1.82, 2.24) is 10.1 Å². The van der Waals surface area contributed by atoms with Crippen LogP contribution in [0, 0.1) is 0 Å². The lowest BCUT2D eigenvalue weighted by Gasteiger charge is -2.22. The summed E-state index contributed by atoms with van der Waals surface area (Å²) in [6.45, 7) is 0.383. The topological polar surface area (TPSA) is 94.4 Å². The average molecular weight is 241 g/mol. The number of hydrogen-bond acceptors (Lipinski definition) is 6. The molecule has 0 radical (unpaired) electrons. The summed E-state index contributed by atoms with van der Waals surface area (Å²) in [5, 5.41) is 13.6. The first-order chi connectivity index (χ1) is 8.22. The molecule has 1 aromatic rings. The third kappa shape index (κ3) is 2.34. The zero-order valence-corrected chi connectivity index (χ0v) is 10.1. The summed E-state index contributed by atoms with van der Waals surface area (Å²) >= 11 is 0. The van der Waals surface area contributed by atoms with E-state index in [1.165, 1.54) is 0 Å². The van der Waals surface area contributed by atoms with E-state index in [1.54, 1.807) is 7.11 Å². The van der Waals surface area contributed by atoms with E-state index < -0.39 is 11.7 Å². The highest BCUT2D eigenvalue weighted by molar-refractivity contribution is 5.05. The Morgan fingerprint density at radius 2 is 2.24 bits per heavy atom. The van der Waals surface area contributed by atoms with Crippen molar-refractivity contribution in [2.45, 2.75) is 43.8 Å². The molecule has 1 heterocycles. The van der Waals surface area contributed by atoms with Crippen molar-refractivity contribution in [3.63, 3.8) is 0 Å². The van der Waals surface area contributed by atoms with Gasteiger partial charge in [0.25, 0.3) is 5.89 Å². The zero-order valence-electron chi connectivity index (χ0n) is 10.1. The largest absolute Gasteiger partial charge is 0.383 e. The van der Waals surface area contributed by atoms with E-state index in [0.717, 1.165) is 25.7 Å².